The van der Waals surface area contributed by atoms with Crippen LogP contribution in [-0.4, -0.2) is 60.1 Å². The Labute approximate surface area is 146 Å². The van der Waals surface area contributed by atoms with Gasteiger partial charge in [-0.25, -0.2) is 4.79 Å². The molecular formula is C17H24N2O6. The van der Waals surface area contributed by atoms with Crippen LogP contribution in [0.25, 0.3) is 0 Å². The fraction of sp³-hybridized carbons (Fsp3) is 0.471. The molecule has 0 aliphatic rings. The number of aliphatic carboxylic acids is 1. The SMILES string of the molecule is CCOc1ccc(OCC(=O)N(CCNC(C)=O)C(C)C(=O)O)cc1. The minimum atomic E-state index is -1.13. The number of ether oxygens (including phenoxy) is 2. The van der Waals surface area contributed by atoms with E-state index in [2.05, 4.69) is 5.32 Å². The summed E-state index contributed by atoms with van der Waals surface area (Å²) in [5.41, 5.74) is 0. The second kappa shape index (κ2) is 10.2. The summed E-state index contributed by atoms with van der Waals surface area (Å²) in [5.74, 6) is -0.688. The quantitative estimate of drug-likeness (QED) is 0.648. The van der Waals surface area contributed by atoms with Gasteiger partial charge in [0.25, 0.3) is 5.91 Å². The first-order valence-electron chi connectivity index (χ1n) is 7.97. The number of carboxylic acids is 1. The Kier molecular flexibility index (Phi) is 8.25. The maximum Gasteiger partial charge on any atom is 0.326 e. The third-order valence-electron chi connectivity index (χ3n) is 3.37. The third-order valence-corrected chi connectivity index (χ3v) is 3.37. The standard InChI is InChI=1S/C17H24N2O6/c1-4-24-14-5-7-15(8-6-14)25-11-16(21)19(12(2)17(22)23)10-9-18-13(3)20/h5-8,12H,4,9-11H2,1-3H3,(H,18,20)(H,22,23). The third kappa shape index (κ3) is 7.11. The van der Waals surface area contributed by atoms with Crippen LogP contribution >= 0.6 is 0 Å². The molecule has 0 fully saturated rings. The van der Waals surface area contributed by atoms with E-state index in [1.807, 2.05) is 6.92 Å². The van der Waals surface area contributed by atoms with Crippen molar-refractivity contribution in [2.45, 2.75) is 26.8 Å². The summed E-state index contributed by atoms with van der Waals surface area (Å²) in [6, 6.07) is 5.75. The van der Waals surface area contributed by atoms with Gasteiger partial charge in [-0.05, 0) is 38.1 Å². The summed E-state index contributed by atoms with van der Waals surface area (Å²) in [6.07, 6.45) is 0. The molecule has 0 bridgehead atoms. The Morgan fingerprint density at radius 1 is 1.16 bits per heavy atom. The van der Waals surface area contributed by atoms with Gasteiger partial charge >= 0.3 is 5.97 Å². The highest BCUT2D eigenvalue weighted by molar-refractivity contribution is 5.84. The lowest BCUT2D eigenvalue weighted by molar-refractivity contribution is -0.150. The lowest BCUT2D eigenvalue weighted by Gasteiger charge is -2.26. The summed E-state index contributed by atoms with van der Waals surface area (Å²) >= 11 is 0. The molecule has 2 N–H and O–H groups in total. The van der Waals surface area contributed by atoms with Crippen LogP contribution < -0.4 is 14.8 Å². The van der Waals surface area contributed by atoms with Gasteiger partial charge in [0.05, 0.1) is 6.61 Å². The number of benzene rings is 1. The molecular weight excluding hydrogens is 328 g/mol. The Morgan fingerprint density at radius 2 is 1.72 bits per heavy atom. The van der Waals surface area contributed by atoms with Gasteiger partial charge in [0.15, 0.2) is 6.61 Å². The lowest BCUT2D eigenvalue weighted by Crippen LogP contribution is -2.48. The fourth-order valence-corrected chi connectivity index (χ4v) is 2.05. The number of nitrogens with zero attached hydrogens (tertiary/aromatic N) is 1. The van der Waals surface area contributed by atoms with Gasteiger partial charge in [-0.3, -0.25) is 9.59 Å². The average Bonchev–Trinajstić information content (AvgIpc) is 2.57. The van der Waals surface area contributed by atoms with Crippen molar-refractivity contribution in [3.8, 4) is 11.5 Å². The first kappa shape index (κ1) is 20.3. The van der Waals surface area contributed by atoms with E-state index < -0.39 is 17.9 Å². The molecule has 1 aromatic carbocycles. The number of hydrogen-bond donors (Lipinski definition) is 2. The Balaban J connectivity index is 2.63. The zero-order valence-electron chi connectivity index (χ0n) is 14.7. The number of nitrogens with one attached hydrogen (secondary N) is 1. The molecule has 1 atom stereocenters. The van der Waals surface area contributed by atoms with Crippen LogP contribution in [0.3, 0.4) is 0 Å². The lowest BCUT2D eigenvalue weighted by atomic mass is 10.2. The molecule has 0 saturated heterocycles. The maximum atomic E-state index is 12.3. The van der Waals surface area contributed by atoms with Crippen LogP contribution in [0.5, 0.6) is 11.5 Å². The summed E-state index contributed by atoms with van der Waals surface area (Å²) in [5, 5.41) is 11.7. The molecule has 0 aliphatic heterocycles. The maximum absolute atomic E-state index is 12.3. The highest BCUT2D eigenvalue weighted by Gasteiger charge is 2.25. The number of rotatable bonds is 10. The molecule has 0 radical (unpaired) electrons. The molecule has 1 rings (SSSR count). The molecule has 138 valence electrons. The molecule has 8 nitrogen and oxygen atoms in total. The van der Waals surface area contributed by atoms with E-state index in [1.54, 1.807) is 24.3 Å². The van der Waals surface area contributed by atoms with Crippen LogP contribution in [0.15, 0.2) is 24.3 Å². The van der Waals surface area contributed by atoms with Crippen LogP contribution in [0.1, 0.15) is 20.8 Å². The minimum Gasteiger partial charge on any atom is -0.494 e. The average molecular weight is 352 g/mol. The summed E-state index contributed by atoms with van der Waals surface area (Å²) in [4.78, 5) is 35.6. The second-order valence-electron chi connectivity index (χ2n) is 5.28. The highest BCUT2D eigenvalue weighted by atomic mass is 16.5. The molecule has 25 heavy (non-hydrogen) atoms. The van der Waals surface area contributed by atoms with E-state index >= 15 is 0 Å². The van der Waals surface area contributed by atoms with Crippen molar-refractivity contribution in [3.05, 3.63) is 24.3 Å². The van der Waals surface area contributed by atoms with Crippen molar-refractivity contribution in [1.82, 2.24) is 10.2 Å². The smallest absolute Gasteiger partial charge is 0.326 e. The van der Waals surface area contributed by atoms with Gasteiger partial charge in [0.2, 0.25) is 5.91 Å². The Bertz CT molecular complexity index is 587. The molecule has 1 aromatic rings. The van der Waals surface area contributed by atoms with Crippen LogP contribution in [-0.2, 0) is 14.4 Å². The normalized spacial score (nSPS) is 11.3. The van der Waals surface area contributed by atoms with Crippen molar-refractivity contribution in [2.75, 3.05) is 26.3 Å². The number of carbonyl (C=O) groups is 3. The predicted octanol–water partition coefficient (Wildman–Crippen LogP) is 0.902. The number of hydrogen-bond acceptors (Lipinski definition) is 5. The van der Waals surface area contributed by atoms with Crippen LogP contribution in [0, 0.1) is 0 Å². The van der Waals surface area contributed by atoms with Crippen LogP contribution in [0.4, 0.5) is 0 Å². The van der Waals surface area contributed by atoms with Crippen molar-refractivity contribution in [3.63, 3.8) is 0 Å². The van der Waals surface area contributed by atoms with Gasteiger partial charge in [0, 0.05) is 20.0 Å². The van der Waals surface area contributed by atoms with Crippen molar-refractivity contribution in [2.24, 2.45) is 0 Å². The molecule has 8 heteroatoms. The minimum absolute atomic E-state index is 0.0819. The molecule has 0 saturated carbocycles. The van der Waals surface area contributed by atoms with E-state index in [0.717, 1.165) is 4.90 Å². The van der Waals surface area contributed by atoms with E-state index in [9.17, 15) is 14.4 Å². The van der Waals surface area contributed by atoms with Gasteiger partial charge in [-0.15, -0.1) is 0 Å². The number of carboxylic acid groups (broad SMARTS) is 1. The number of amides is 2. The molecule has 0 heterocycles. The van der Waals surface area contributed by atoms with Gasteiger partial charge in [-0.2, -0.15) is 0 Å². The Hall–Kier alpha value is -2.77. The first-order valence-corrected chi connectivity index (χ1v) is 7.97. The van der Waals surface area contributed by atoms with Crippen molar-refractivity contribution >= 4 is 17.8 Å². The van der Waals surface area contributed by atoms with Crippen LogP contribution in [0.2, 0.25) is 0 Å². The van der Waals surface area contributed by atoms with Gasteiger partial charge in [-0.1, -0.05) is 0 Å². The fourth-order valence-electron chi connectivity index (χ4n) is 2.05. The van der Waals surface area contributed by atoms with E-state index in [0.29, 0.717) is 18.1 Å². The van der Waals surface area contributed by atoms with E-state index in [4.69, 9.17) is 14.6 Å². The summed E-state index contributed by atoms with van der Waals surface area (Å²) < 4.78 is 10.7. The summed E-state index contributed by atoms with van der Waals surface area (Å²) in [6.45, 7) is 5.13. The van der Waals surface area contributed by atoms with Gasteiger partial charge in [0.1, 0.15) is 17.5 Å². The number of carbonyl (C=O) groups excluding carboxylic acids is 2. The largest absolute Gasteiger partial charge is 0.494 e. The molecule has 0 aliphatic carbocycles. The van der Waals surface area contributed by atoms with Crippen molar-refractivity contribution < 1.29 is 29.0 Å². The van der Waals surface area contributed by atoms with E-state index in [-0.39, 0.29) is 25.6 Å². The predicted molar refractivity (Wildman–Crippen MR) is 90.6 cm³/mol. The molecule has 0 aromatic heterocycles. The van der Waals surface area contributed by atoms with Crippen molar-refractivity contribution in [1.29, 1.82) is 0 Å². The molecule has 0 spiro atoms. The monoisotopic (exact) mass is 352 g/mol. The second-order valence-corrected chi connectivity index (χ2v) is 5.28. The Morgan fingerprint density at radius 3 is 2.20 bits per heavy atom. The van der Waals surface area contributed by atoms with Gasteiger partial charge < -0.3 is 24.8 Å². The first-order chi connectivity index (χ1) is 11.8. The topological polar surface area (TPSA) is 105 Å². The summed E-state index contributed by atoms with van der Waals surface area (Å²) in [7, 11) is 0. The molecule has 2 amide bonds. The zero-order chi connectivity index (χ0) is 18.8. The van der Waals surface area contributed by atoms with E-state index in [1.165, 1.54) is 13.8 Å². The zero-order valence-corrected chi connectivity index (χ0v) is 14.7. The molecule has 1 unspecified atom stereocenters. The highest BCUT2D eigenvalue weighted by Crippen LogP contribution is 2.17.